The molecule has 2 N–H and O–H groups in total. The number of carbonyl (C=O) groups excluding carboxylic acids is 1. The van der Waals surface area contributed by atoms with Gasteiger partial charge in [0.05, 0.1) is 24.4 Å². The van der Waals surface area contributed by atoms with Gasteiger partial charge in [-0.2, -0.15) is 0 Å². The molecule has 2 aliphatic heterocycles. The first-order valence-electron chi connectivity index (χ1n) is 17.7. The largest absolute Gasteiger partial charge is 0.392 e. The maximum absolute atomic E-state index is 12.6. The van der Waals surface area contributed by atoms with Crippen LogP contribution in [0.4, 0.5) is 0 Å². The van der Waals surface area contributed by atoms with E-state index in [4.69, 9.17) is 9.47 Å². The average molecular weight is 660 g/mol. The Bertz CT molecular complexity index is 1760. The second-order valence-electron chi connectivity index (χ2n) is 15.7. The highest BCUT2D eigenvalue weighted by Crippen LogP contribution is 2.53. The summed E-state index contributed by atoms with van der Waals surface area (Å²) in [5, 5.41) is 12.7. The van der Waals surface area contributed by atoms with E-state index in [2.05, 4.69) is 91.4 Å². The van der Waals surface area contributed by atoms with Crippen LogP contribution < -0.4 is 5.32 Å². The quantitative estimate of drug-likeness (QED) is 0.190. The summed E-state index contributed by atoms with van der Waals surface area (Å²) >= 11 is 0. The van der Waals surface area contributed by atoms with Crippen molar-refractivity contribution in [3.05, 3.63) is 125 Å². The van der Waals surface area contributed by atoms with Crippen molar-refractivity contribution >= 4 is 5.91 Å². The predicted octanol–water partition coefficient (Wildman–Crippen LogP) is 7.86. The number of fused-ring (bicyclic) bond motifs is 2. The molecule has 1 amide bonds. The molecule has 2 saturated heterocycles. The highest BCUT2D eigenvalue weighted by atomic mass is 16.7. The van der Waals surface area contributed by atoms with Crippen LogP contribution in [0.1, 0.15) is 92.0 Å². The molecule has 3 aliphatic rings. The summed E-state index contributed by atoms with van der Waals surface area (Å²) in [6.45, 7) is 12.0. The van der Waals surface area contributed by atoms with E-state index in [0.29, 0.717) is 29.0 Å². The summed E-state index contributed by atoms with van der Waals surface area (Å²) in [7, 11) is 0. The molecular formula is C42H49N3O4. The third-order valence-corrected chi connectivity index (χ3v) is 10.9. The molecule has 0 spiro atoms. The first kappa shape index (κ1) is 33.6. The summed E-state index contributed by atoms with van der Waals surface area (Å²) in [5.74, 6) is -0.00845. The Morgan fingerprint density at radius 3 is 2.45 bits per heavy atom. The molecule has 6 atom stereocenters. The lowest BCUT2D eigenvalue weighted by molar-refractivity contribution is -0.276. The summed E-state index contributed by atoms with van der Waals surface area (Å²) in [4.78, 5) is 19.4. The Kier molecular flexibility index (Phi) is 9.46. The van der Waals surface area contributed by atoms with E-state index < -0.39 is 6.29 Å². The predicted molar refractivity (Wildman–Crippen MR) is 191 cm³/mol. The molecule has 2 unspecified atom stereocenters. The van der Waals surface area contributed by atoms with E-state index in [9.17, 15) is 9.90 Å². The molecular weight excluding hydrogens is 610 g/mol. The molecule has 1 aliphatic carbocycles. The van der Waals surface area contributed by atoms with E-state index in [1.807, 2.05) is 24.3 Å². The standard InChI is InChI=1S/C42H49N3O4/c1-28-37(24-45-27-42(4)21-36(45)20-41(2,3)26-42)48-40(49-38(28)31-15-13-29(25-46)14-16-31)34-11-6-10-33(19-34)32-9-5-8-30(18-32)22-44-39(47)35-12-7-17-43-23-35/h5-19,23,28,36-38,40,46H,20-22,24-27H2,1-4H3,(H,44,47)/t28-,36?,37+,38+,40+,42?/m1/s1. The average Bonchev–Trinajstić information content (AvgIpc) is 3.35. The second-order valence-corrected chi connectivity index (χ2v) is 15.7. The van der Waals surface area contributed by atoms with Crippen LogP contribution in [0, 0.1) is 16.7 Å². The number of pyridine rings is 1. The third-order valence-electron chi connectivity index (χ3n) is 10.9. The number of likely N-dealkylation sites (tertiary alicyclic amines) is 1. The Hall–Kier alpha value is -3.88. The third kappa shape index (κ3) is 7.51. The molecule has 1 aromatic heterocycles. The van der Waals surface area contributed by atoms with E-state index in [0.717, 1.165) is 46.5 Å². The number of nitrogens with one attached hydrogen (secondary N) is 1. The molecule has 7 nitrogen and oxygen atoms in total. The van der Waals surface area contributed by atoms with E-state index in [1.165, 1.54) is 19.3 Å². The molecule has 3 heterocycles. The summed E-state index contributed by atoms with van der Waals surface area (Å²) in [5.41, 5.74) is 7.37. The van der Waals surface area contributed by atoms with Gasteiger partial charge in [-0.15, -0.1) is 0 Å². The lowest BCUT2D eigenvalue weighted by Crippen LogP contribution is -2.46. The van der Waals surface area contributed by atoms with Gasteiger partial charge in [0.2, 0.25) is 0 Å². The topological polar surface area (TPSA) is 83.9 Å². The van der Waals surface area contributed by atoms with Crippen LogP contribution >= 0.6 is 0 Å². The van der Waals surface area contributed by atoms with Crippen LogP contribution in [0.25, 0.3) is 11.1 Å². The fourth-order valence-electron chi connectivity index (χ4n) is 8.86. The summed E-state index contributed by atoms with van der Waals surface area (Å²) in [6.07, 6.45) is 6.30. The Morgan fingerprint density at radius 1 is 0.918 bits per heavy atom. The highest BCUT2D eigenvalue weighted by molar-refractivity contribution is 5.93. The van der Waals surface area contributed by atoms with Crippen molar-refractivity contribution < 1.29 is 19.4 Å². The van der Waals surface area contributed by atoms with Crippen LogP contribution in [-0.4, -0.2) is 46.1 Å². The van der Waals surface area contributed by atoms with Gasteiger partial charge in [-0.25, -0.2) is 0 Å². The number of ether oxygens (including phenoxy) is 2. The lowest BCUT2D eigenvalue weighted by atomic mass is 9.65. The van der Waals surface area contributed by atoms with Gasteiger partial charge in [-0.3, -0.25) is 14.7 Å². The fourth-order valence-corrected chi connectivity index (χ4v) is 8.86. The van der Waals surface area contributed by atoms with Gasteiger partial charge in [0, 0.05) is 49.6 Å². The minimum atomic E-state index is -0.528. The van der Waals surface area contributed by atoms with Crippen LogP contribution in [0.2, 0.25) is 0 Å². The van der Waals surface area contributed by atoms with Crippen LogP contribution in [0.5, 0.6) is 0 Å². The Labute approximate surface area is 290 Å². The van der Waals surface area contributed by atoms with E-state index >= 15 is 0 Å². The molecule has 1 saturated carbocycles. The zero-order valence-electron chi connectivity index (χ0n) is 29.1. The number of hydrogen-bond acceptors (Lipinski definition) is 6. The first-order chi connectivity index (χ1) is 23.6. The number of rotatable bonds is 9. The number of benzene rings is 3. The van der Waals surface area contributed by atoms with Gasteiger partial charge in [-0.05, 0) is 82.2 Å². The molecule has 7 rings (SSSR count). The molecule has 3 aromatic carbocycles. The monoisotopic (exact) mass is 659 g/mol. The molecule has 0 radical (unpaired) electrons. The van der Waals surface area contributed by atoms with Gasteiger partial charge >= 0.3 is 0 Å². The van der Waals surface area contributed by atoms with Crippen molar-refractivity contribution in [1.82, 2.24) is 15.2 Å². The zero-order valence-corrected chi connectivity index (χ0v) is 29.1. The van der Waals surface area contributed by atoms with Crippen molar-refractivity contribution in [2.24, 2.45) is 16.7 Å². The van der Waals surface area contributed by atoms with Gasteiger partial charge < -0.3 is 19.9 Å². The number of aliphatic hydroxyl groups is 1. The number of amides is 1. The minimum absolute atomic E-state index is 0.0114. The number of carbonyl (C=O) groups is 1. The number of nitrogens with zero attached hydrogens (tertiary/aromatic N) is 2. The summed E-state index contributed by atoms with van der Waals surface area (Å²) in [6, 6.07) is 29.0. The molecule has 256 valence electrons. The number of hydrogen-bond donors (Lipinski definition) is 2. The molecule has 2 bridgehead atoms. The maximum Gasteiger partial charge on any atom is 0.253 e. The molecule has 49 heavy (non-hydrogen) atoms. The van der Waals surface area contributed by atoms with Crippen molar-refractivity contribution in [2.45, 2.75) is 84.6 Å². The Balaban J connectivity index is 1.13. The SMILES string of the molecule is C[C@@H]1[C@H](CN2CC3(C)CC2CC(C)(C)C3)O[C@H](c2cccc(-c3cccc(CNC(=O)c4cccnc4)c3)c2)O[C@@H]1c1ccc(CO)cc1. The lowest BCUT2D eigenvalue weighted by Gasteiger charge is -2.43. The molecule has 7 heteroatoms. The van der Waals surface area contributed by atoms with Gasteiger partial charge in [0.15, 0.2) is 6.29 Å². The van der Waals surface area contributed by atoms with Crippen LogP contribution in [-0.2, 0) is 22.6 Å². The molecule has 3 fully saturated rings. The van der Waals surface area contributed by atoms with Crippen LogP contribution in [0.15, 0.2) is 97.3 Å². The van der Waals surface area contributed by atoms with E-state index in [-0.39, 0.29) is 30.6 Å². The van der Waals surface area contributed by atoms with Crippen molar-refractivity contribution in [3.63, 3.8) is 0 Å². The number of aliphatic hydroxyl groups excluding tert-OH is 1. The van der Waals surface area contributed by atoms with Gasteiger partial charge in [-0.1, -0.05) is 88.4 Å². The summed E-state index contributed by atoms with van der Waals surface area (Å²) < 4.78 is 13.8. The highest BCUT2D eigenvalue weighted by Gasteiger charge is 2.51. The Morgan fingerprint density at radius 2 is 1.69 bits per heavy atom. The first-order valence-corrected chi connectivity index (χ1v) is 17.7. The minimum Gasteiger partial charge on any atom is -0.392 e. The van der Waals surface area contributed by atoms with Crippen molar-refractivity contribution in [3.8, 4) is 11.1 Å². The van der Waals surface area contributed by atoms with Crippen LogP contribution in [0.3, 0.4) is 0 Å². The second kappa shape index (κ2) is 13.8. The zero-order chi connectivity index (χ0) is 34.2. The fraction of sp³-hybridized carbons (Fsp3) is 0.429. The van der Waals surface area contributed by atoms with Crippen molar-refractivity contribution in [1.29, 1.82) is 0 Å². The van der Waals surface area contributed by atoms with Crippen molar-refractivity contribution in [2.75, 3.05) is 13.1 Å². The molecule has 4 aromatic rings. The van der Waals surface area contributed by atoms with Gasteiger partial charge in [0.25, 0.3) is 5.91 Å². The number of aromatic nitrogens is 1. The normalized spacial score (nSPS) is 27.9. The maximum atomic E-state index is 12.6. The smallest absolute Gasteiger partial charge is 0.253 e. The van der Waals surface area contributed by atoms with Gasteiger partial charge in [0.1, 0.15) is 0 Å². The van der Waals surface area contributed by atoms with E-state index in [1.54, 1.807) is 24.5 Å².